The van der Waals surface area contributed by atoms with E-state index in [2.05, 4.69) is 42.1 Å². The second kappa shape index (κ2) is 4.83. The molecule has 0 fully saturated rings. The number of hydrogen-bond donors (Lipinski definition) is 0. The fourth-order valence-corrected chi connectivity index (χ4v) is 4.91. The third-order valence-corrected chi connectivity index (χ3v) is 5.99. The van der Waals surface area contributed by atoms with Crippen molar-refractivity contribution in [3.63, 3.8) is 0 Å². The largest absolute Gasteiger partial charge is 0.457 e. The lowest BCUT2D eigenvalue weighted by Crippen LogP contribution is -2.40. The topological polar surface area (TPSA) is 51.0 Å². The number of carbonyl (C=O) groups excluding carboxylic acids is 1. The zero-order valence-corrected chi connectivity index (χ0v) is 15.2. The summed E-state index contributed by atoms with van der Waals surface area (Å²) in [7, 11) is 0. The highest BCUT2D eigenvalue weighted by Gasteiger charge is 2.57. The Balaban J connectivity index is 1.67. The lowest BCUT2D eigenvalue weighted by Gasteiger charge is -2.39. The third-order valence-electron chi connectivity index (χ3n) is 5.99. The summed E-state index contributed by atoms with van der Waals surface area (Å²) in [6, 6.07) is 4.02. The zero-order chi connectivity index (χ0) is 18.3. The van der Waals surface area contributed by atoms with Crippen LogP contribution in [0, 0.1) is 5.92 Å². The van der Waals surface area contributed by atoms with Crippen molar-refractivity contribution in [1.29, 1.82) is 0 Å². The highest BCUT2D eigenvalue weighted by atomic mass is 16.5. The molecular weight excluding hydrogens is 336 g/mol. The Hall–Kier alpha value is -3.01. The van der Waals surface area contributed by atoms with Crippen LogP contribution in [0.5, 0.6) is 5.75 Å². The van der Waals surface area contributed by atoms with E-state index in [4.69, 9.17) is 4.74 Å². The highest BCUT2D eigenvalue weighted by molar-refractivity contribution is 6.12. The number of Topliss-reactive ketones (excluding diaryl/α,β-unsaturated/α-hetero) is 1. The first-order valence-corrected chi connectivity index (χ1v) is 9.43. The van der Waals surface area contributed by atoms with Gasteiger partial charge in [0.1, 0.15) is 22.6 Å². The van der Waals surface area contributed by atoms with Crippen molar-refractivity contribution in [2.45, 2.75) is 32.1 Å². The first kappa shape index (κ1) is 15.1. The molecule has 1 atom stereocenters. The van der Waals surface area contributed by atoms with Crippen LogP contribution < -0.4 is 4.74 Å². The van der Waals surface area contributed by atoms with Crippen LogP contribution in [-0.4, -0.2) is 17.7 Å². The number of allylic oxidation sites excluding steroid dienone is 3. The van der Waals surface area contributed by atoms with Gasteiger partial charge in [-0.2, -0.15) is 0 Å². The second-order valence-corrected chi connectivity index (χ2v) is 8.11. The van der Waals surface area contributed by atoms with Crippen LogP contribution in [0.3, 0.4) is 0 Å². The summed E-state index contributed by atoms with van der Waals surface area (Å²) in [4.78, 5) is 22.2. The number of fused-ring (bicyclic) bond motifs is 1. The lowest BCUT2D eigenvalue weighted by atomic mass is 9.61. The summed E-state index contributed by atoms with van der Waals surface area (Å²) in [6.45, 7) is 4.13. The molecule has 3 aliphatic heterocycles. The van der Waals surface area contributed by atoms with E-state index in [1.165, 1.54) is 11.1 Å². The van der Waals surface area contributed by atoms with Gasteiger partial charge in [0, 0.05) is 42.1 Å². The molecule has 1 aromatic rings. The minimum absolute atomic E-state index is 0.138. The summed E-state index contributed by atoms with van der Waals surface area (Å²) in [6.07, 6.45) is 11.3. The third kappa shape index (κ3) is 1.71. The Morgan fingerprint density at radius 1 is 1.33 bits per heavy atom. The maximum absolute atomic E-state index is 12.9. The Morgan fingerprint density at radius 3 is 3.07 bits per heavy atom. The molecule has 0 saturated heterocycles. The predicted molar refractivity (Wildman–Crippen MR) is 104 cm³/mol. The normalized spacial score (nSPS) is 25.1. The number of ether oxygens (including phenoxy) is 1. The van der Waals surface area contributed by atoms with Crippen LogP contribution in [-0.2, 0) is 11.8 Å². The quantitative estimate of drug-likeness (QED) is 0.763. The molecule has 132 valence electrons. The van der Waals surface area contributed by atoms with Crippen molar-refractivity contribution in [2.24, 2.45) is 15.9 Å². The van der Waals surface area contributed by atoms with Gasteiger partial charge in [0.25, 0.3) is 0 Å². The van der Waals surface area contributed by atoms with E-state index in [-0.39, 0.29) is 5.78 Å². The Kier molecular flexibility index (Phi) is 2.70. The maximum atomic E-state index is 12.9. The average molecular weight is 354 g/mol. The highest BCUT2D eigenvalue weighted by Crippen LogP contribution is 2.61. The summed E-state index contributed by atoms with van der Waals surface area (Å²) in [5.41, 5.74) is 6.68. The SMILES string of the molecule is CC(C)CC(=O)c1ccc2c3c1OC1=C4N=CC=C4C=C4C(=NC=CC413)C2. The Morgan fingerprint density at radius 2 is 2.22 bits per heavy atom. The summed E-state index contributed by atoms with van der Waals surface area (Å²) in [5, 5.41) is 0. The van der Waals surface area contributed by atoms with Crippen LogP contribution in [0.2, 0.25) is 0 Å². The van der Waals surface area contributed by atoms with E-state index < -0.39 is 5.41 Å². The van der Waals surface area contributed by atoms with E-state index in [1.54, 1.807) is 0 Å². The van der Waals surface area contributed by atoms with Gasteiger partial charge in [-0.3, -0.25) is 14.8 Å². The van der Waals surface area contributed by atoms with E-state index in [1.807, 2.05) is 24.6 Å². The lowest BCUT2D eigenvalue weighted by molar-refractivity contribution is 0.0965. The van der Waals surface area contributed by atoms with E-state index in [9.17, 15) is 4.79 Å². The van der Waals surface area contributed by atoms with Gasteiger partial charge in [0.15, 0.2) is 5.78 Å². The van der Waals surface area contributed by atoms with Gasteiger partial charge in [-0.05, 0) is 41.3 Å². The molecular formula is C23H18N2O2. The van der Waals surface area contributed by atoms with Crippen LogP contribution in [0.4, 0.5) is 0 Å². The fraction of sp³-hybridized carbons (Fsp3) is 0.261. The molecule has 3 heterocycles. The summed E-state index contributed by atoms with van der Waals surface area (Å²) in [5.74, 6) is 1.99. The molecule has 4 nitrogen and oxygen atoms in total. The molecule has 6 rings (SSSR count). The standard InChI is InChI=1S/C23H18N2O2/c1-12(2)9-18(26)15-4-3-13-11-17-16-10-14-5-7-25-20(14)22-23(16,6-8-24-17)19(13)21(15)27-22/h3-8,10,12H,9,11H2,1-2H3. The molecule has 2 aliphatic carbocycles. The zero-order valence-electron chi connectivity index (χ0n) is 15.2. The van der Waals surface area contributed by atoms with Crippen LogP contribution in [0.25, 0.3) is 0 Å². The van der Waals surface area contributed by atoms with Gasteiger partial charge in [0.2, 0.25) is 0 Å². The number of hydrogen-bond acceptors (Lipinski definition) is 4. The molecule has 5 aliphatic rings. The number of nitrogens with zero attached hydrogens (tertiary/aromatic N) is 2. The number of ketones is 1. The molecule has 0 amide bonds. The van der Waals surface area contributed by atoms with Crippen molar-refractivity contribution in [3.8, 4) is 5.75 Å². The Labute approximate surface area is 157 Å². The van der Waals surface area contributed by atoms with E-state index >= 15 is 0 Å². The van der Waals surface area contributed by atoms with Gasteiger partial charge >= 0.3 is 0 Å². The molecule has 0 N–H and O–H groups in total. The van der Waals surface area contributed by atoms with E-state index in [0.717, 1.165) is 40.5 Å². The van der Waals surface area contributed by atoms with Crippen LogP contribution in [0.1, 0.15) is 41.8 Å². The number of aliphatic imine (C=N–C) groups is 2. The fourth-order valence-electron chi connectivity index (χ4n) is 4.91. The minimum Gasteiger partial charge on any atom is -0.457 e. The molecule has 1 aromatic carbocycles. The van der Waals surface area contributed by atoms with Crippen molar-refractivity contribution in [1.82, 2.24) is 0 Å². The summed E-state index contributed by atoms with van der Waals surface area (Å²) < 4.78 is 6.48. The number of rotatable bonds is 3. The van der Waals surface area contributed by atoms with Crippen LogP contribution in [0.15, 0.2) is 69.1 Å². The van der Waals surface area contributed by atoms with Gasteiger partial charge in [-0.15, -0.1) is 0 Å². The van der Waals surface area contributed by atoms with E-state index in [0.29, 0.717) is 17.9 Å². The van der Waals surface area contributed by atoms with Gasteiger partial charge in [-0.25, -0.2) is 0 Å². The summed E-state index contributed by atoms with van der Waals surface area (Å²) >= 11 is 0. The number of benzene rings is 1. The van der Waals surface area contributed by atoms with Crippen molar-refractivity contribution >= 4 is 17.7 Å². The smallest absolute Gasteiger partial charge is 0.166 e. The molecule has 4 heteroatoms. The van der Waals surface area contributed by atoms with Gasteiger partial charge in [0.05, 0.1) is 5.56 Å². The second-order valence-electron chi connectivity index (χ2n) is 8.11. The molecule has 1 unspecified atom stereocenters. The van der Waals surface area contributed by atoms with Gasteiger partial charge in [-0.1, -0.05) is 19.9 Å². The minimum atomic E-state index is -0.484. The molecule has 0 aromatic heterocycles. The van der Waals surface area contributed by atoms with Crippen molar-refractivity contribution in [2.75, 3.05) is 0 Å². The monoisotopic (exact) mass is 354 g/mol. The Bertz CT molecular complexity index is 1140. The maximum Gasteiger partial charge on any atom is 0.166 e. The average Bonchev–Trinajstić information content (AvgIpc) is 3.20. The molecule has 0 radical (unpaired) electrons. The van der Waals surface area contributed by atoms with Crippen molar-refractivity contribution in [3.05, 3.63) is 75.9 Å². The first-order valence-electron chi connectivity index (χ1n) is 9.43. The molecule has 0 saturated carbocycles. The van der Waals surface area contributed by atoms with Crippen LogP contribution >= 0.6 is 0 Å². The first-order chi connectivity index (χ1) is 13.1. The molecule has 1 spiro atoms. The molecule has 27 heavy (non-hydrogen) atoms. The van der Waals surface area contributed by atoms with Crippen molar-refractivity contribution < 1.29 is 9.53 Å². The number of carbonyl (C=O) groups is 1. The predicted octanol–water partition coefficient (Wildman–Crippen LogP) is 4.23. The van der Waals surface area contributed by atoms with Gasteiger partial charge < -0.3 is 4.74 Å². The molecule has 2 bridgehead atoms.